The van der Waals surface area contributed by atoms with Gasteiger partial charge in [-0.25, -0.2) is 4.98 Å². The van der Waals surface area contributed by atoms with Gasteiger partial charge in [0, 0.05) is 45.8 Å². The Morgan fingerprint density at radius 2 is 2.03 bits per heavy atom. The smallest absolute Gasteiger partial charge is 0.251 e. The Kier molecular flexibility index (Phi) is 5.83. The number of likely N-dealkylation sites (tertiary alicyclic amines) is 1. The SMILES string of the molecule is CN(C)C(=O)CN1CCC2(CC1)OC(C(=O)NCc1ccccn1)Cn1ccnc12. The van der Waals surface area contributed by atoms with Crippen molar-refractivity contribution in [2.75, 3.05) is 33.7 Å². The number of nitrogens with one attached hydrogen (secondary N) is 1. The first kappa shape index (κ1) is 20.5. The van der Waals surface area contributed by atoms with Crippen LogP contribution in [0.2, 0.25) is 0 Å². The lowest BCUT2D eigenvalue weighted by atomic mass is 9.88. The van der Waals surface area contributed by atoms with Crippen molar-refractivity contribution < 1.29 is 14.3 Å². The molecule has 0 aromatic carbocycles. The van der Waals surface area contributed by atoms with Crippen molar-refractivity contribution in [3.63, 3.8) is 0 Å². The van der Waals surface area contributed by atoms with Gasteiger partial charge in [0.1, 0.15) is 11.4 Å². The van der Waals surface area contributed by atoms with E-state index in [4.69, 9.17) is 4.74 Å². The van der Waals surface area contributed by atoms with Crippen molar-refractivity contribution in [1.82, 2.24) is 29.7 Å². The van der Waals surface area contributed by atoms with Gasteiger partial charge in [-0.2, -0.15) is 0 Å². The third-order valence-corrected chi connectivity index (χ3v) is 5.84. The normalized spacial score (nSPS) is 20.5. The van der Waals surface area contributed by atoms with Crippen LogP contribution in [0.15, 0.2) is 36.8 Å². The Hall–Kier alpha value is -2.78. The third-order valence-electron chi connectivity index (χ3n) is 5.84. The Balaban J connectivity index is 1.43. The molecule has 1 atom stereocenters. The van der Waals surface area contributed by atoms with Crippen molar-refractivity contribution in [1.29, 1.82) is 0 Å². The van der Waals surface area contributed by atoms with Crippen LogP contribution in [0.5, 0.6) is 0 Å². The molecule has 2 amide bonds. The number of rotatable bonds is 5. The number of pyridine rings is 1. The maximum absolute atomic E-state index is 12.9. The first-order chi connectivity index (χ1) is 14.5. The van der Waals surface area contributed by atoms with E-state index < -0.39 is 11.7 Å². The molecule has 160 valence electrons. The molecule has 1 saturated heterocycles. The highest BCUT2D eigenvalue weighted by atomic mass is 16.5. The summed E-state index contributed by atoms with van der Waals surface area (Å²) in [7, 11) is 3.53. The molecule has 4 rings (SSSR count). The van der Waals surface area contributed by atoms with Gasteiger partial charge < -0.3 is 19.5 Å². The van der Waals surface area contributed by atoms with Crippen LogP contribution < -0.4 is 5.32 Å². The minimum absolute atomic E-state index is 0.0868. The van der Waals surface area contributed by atoms with Crippen LogP contribution >= 0.6 is 0 Å². The Morgan fingerprint density at radius 3 is 2.73 bits per heavy atom. The number of imidazole rings is 1. The quantitative estimate of drug-likeness (QED) is 0.763. The van der Waals surface area contributed by atoms with Crippen LogP contribution in [0.25, 0.3) is 0 Å². The lowest BCUT2D eigenvalue weighted by Gasteiger charge is -2.45. The molecular weight excluding hydrogens is 384 g/mol. The average molecular weight is 412 g/mol. The number of likely N-dealkylation sites (N-methyl/N-ethyl adjacent to an activating group) is 1. The van der Waals surface area contributed by atoms with E-state index in [1.807, 2.05) is 29.0 Å². The van der Waals surface area contributed by atoms with Crippen molar-refractivity contribution in [2.45, 2.75) is 37.6 Å². The van der Waals surface area contributed by atoms with Gasteiger partial charge >= 0.3 is 0 Å². The fraction of sp³-hybridized carbons (Fsp3) is 0.524. The number of aromatic nitrogens is 3. The summed E-state index contributed by atoms with van der Waals surface area (Å²) in [5.41, 5.74) is 0.199. The fourth-order valence-electron chi connectivity index (χ4n) is 4.07. The number of piperidine rings is 1. The van der Waals surface area contributed by atoms with E-state index in [1.54, 1.807) is 31.4 Å². The van der Waals surface area contributed by atoms with Gasteiger partial charge in [0.05, 0.1) is 25.3 Å². The summed E-state index contributed by atoms with van der Waals surface area (Å²) in [6.45, 7) is 2.63. The van der Waals surface area contributed by atoms with Gasteiger partial charge in [0.2, 0.25) is 5.91 Å². The zero-order chi connectivity index (χ0) is 21.1. The lowest BCUT2D eigenvalue weighted by Crippen LogP contribution is -2.54. The van der Waals surface area contributed by atoms with Gasteiger partial charge in [0.25, 0.3) is 5.91 Å². The summed E-state index contributed by atoms with van der Waals surface area (Å²) in [6, 6.07) is 5.62. The second-order valence-corrected chi connectivity index (χ2v) is 8.11. The molecule has 1 fully saturated rings. The van der Waals surface area contributed by atoms with E-state index in [1.165, 1.54) is 0 Å². The predicted molar refractivity (Wildman–Crippen MR) is 109 cm³/mol. The zero-order valence-electron chi connectivity index (χ0n) is 17.5. The summed E-state index contributed by atoms with van der Waals surface area (Å²) in [5.74, 6) is 0.809. The molecule has 0 saturated carbocycles. The molecule has 2 aliphatic heterocycles. The number of hydrogen-bond acceptors (Lipinski definition) is 6. The van der Waals surface area contributed by atoms with E-state index in [9.17, 15) is 9.59 Å². The minimum Gasteiger partial charge on any atom is -0.352 e. The third kappa shape index (κ3) is 4.22. The van der Waals surface area contributed by atoms with Gasteiger partial charge in [0.15, 0.2) is 6.10 Å². The molecular formula is C21H28N6O3. The maximum Gasteiger partial charge on any atom is 0.251 e. The van der Waals surface area contributed by atoms with Gasteiger partial charge in [-0.15, -0.1) is 0 Å². The van der Waals surface area contributed by atoms with Gasteiger partial charge in [-0.3, -0.25) is 19.5 Å². The van der Waals surface area contributed by atoms with Gasteiger partial charge in [-0.1, -0.05) is 6.07 Å². The number of carbonyl (C=O) groups is 2. The fourth-order valence-corrected chi connectivity index (χ4v) is 4.07. The van der Waals surface area contributed by atoms with Crippen LogP contribution in [-0.4, -0.2) is 76.0 Å². The monoisotopic (exact) mass is 412 g/mol. The van der Waals surface area contributed by atoms with E-state index in [0.717, 1.165) is 11.5 Å². The summed E-state index contributed by atoms with van der Waals surface area (Å²) in [4.78, 5) is 37.4. The Labute approximate surface area is 176 Å². The van der Waals surface area contributed by atoms with Crippen LogP contribution in [0.3, 0.4) is 0 Å². The molecule has 9 heteroatoms. The molecule has 1 N–H and O–H groups in total. The minimum atomic E-state index is -0.605. The van der Waals surface area contributed by atoms with Crippen molar-refractivity contribution in [3.05, 3.63) is 48.3 Å². The lowest BCUT2D eigenvalue weighted by molar-refractivity contribution is -0.174. The zero-order valence-corrected chi connectivity index (χ0v) is 17.5. The number of carbonyl (C=O) groups excluding carboxylic acids is 2. The van der Waals surface area contributed by atoms with Crippen LogP contribution in [0.4, 0.5) is 0 Å². The molecule has 2 aliphatic rings. The molecule has 1 spiro atoms. The van der Waals surface area contributed by atoms with Crippen molar-refractivity contribution in [3.8, 4) is 0 Å². The van der Waals surface area contributed by atoms with Crippen LogP contribution in [0.1, 0.15) is 24.4 Å². The number of amides is 2. The number of fused-ring (bicyclic) bond motifs is 2. The highest BCUT2D eigenvalue weighted by Gasteiger charge is 2.47. The topological polar surface area (TPSA) is 92.6 Å². The number of hydrogen-bond donors (Lipinski definition) is 1. The predicted octanol–water partition coefficient (Wildman–Crippen LogP) is 0.373. The van der Waals surface area contributed by atoms with Crippen LogP contribution in [0, 0.1) is 0 Å². The molecule has 30 heavy (non-hydrogen) atoms. The first-order valence-electron chi connectivity index (χ1n) is 10.3. The molecule has 0 bridgehead atoms. The summed E-state index contributed by atoms with van der Waals surface area (Å²) in [5, 5.41) is 2.94. The highest BCUT2D eigenvalue weighted by Crippen LogP contribution is 2.40. The molecule has 1 unspecified atom stereocenters. The summed E-state index contributed by atoms with van der Waals surface area (Å²) < 4.78 is 8.44. The largest absolute Gasteiger partial charge is 0.352 e. The van der Waals surface area contributed by atoms with E-state index >= 15 is 0 Å². The second-order valence-electron chi connectivity index (χ2n) is 8.11. The van der Waals surface area contributed by atoms with E-state index in [2.05, 4.69) is 20.2 Å². The Morgan fingerprint density at radius 1 is 1.23 bits per heavy atom. The van der Waals surface area contributed by atoms with Gasteiger partial charge in [-0.05, 0) is 25.0 Å². The van der Waals surface area contributed by atoms with Crippen molar-refractivity contribution >= 4 is 11.8 Å². The average Bonchev–Trinajstić information content (AvgIpc) is 3.24. The molecule has 9 nitrogen and oxygen atoms in total. The maximum atomic E-state index is 12.9. The molecule has 4 heterocycles. The highest BCUT2D eigenvalue weighted by molar-refractivity contribution is 5.81. The summed E-state index contributed by atoms with van der Waals surface area (Å²) in [6.07, 6.45) is 6.16. The number of ether oxygens (including phenoxy) is 1. The summed E-state index contributed by atoms with van der Waals surface area (Å²) >= 11 is 0. The van der Waals surface area contributed by atoms with E-state index in [0.29, 0.717) is 45.6 Å². The molecule has 0 aliphatic carbocycles. The Bertz CT molecular complexity index is 889. The first-order valence-corrected chi connectivity index (χ1v) is 10.3. The van der Waals surface area contributed by atoms with E-state index in [-0.39, 0.29) is 11.8 Å². The second kappa shape index (κ2) is 8.53. The number of nitrogens with zero attached hydrogens (tertiary/aromatic N) is 5. The molecule has 2 aromatic rings. The van der Waals surface area contributed by atoms with Crippen molar-refractivity contribution in [2.24, 2.45) is 0 Å². The van der Waals surface area contributed by atoms with Crippen LogP contribution in [-0.2, 0) is 33.0 Å². The standard InChI is InChI=1S/C21H28N6O3/c1-25(2)18(28)15-26-10-6-21(7-11-26)20-23-9-12-27(20)14-17(30-21)19(29)24-13-16-5-3-4-8-22-16/h3-5,8-9,12,17H,6-7,10-11,13-15H2,1-2H3,(H,24,29). The molecule has 0 radical (unpaired) electrons. The molecule has 2 aromatic heterocycles.